The summed E-state index contributed by atoms with van der Waals surface area (Å²) < 4.78 is 2.31. The Morgan fingerprint density at radius 3 is 2.46 bits per heavy atom. The van der Waals surface area contributed by atoms with Crippen molar-refractivity contribution in [3.63, 3.8) is 0 Å². The Balaban J connectivity index is 2.19. The molecule has 0 fully saturated rings. The van der Waals surface area contributed by atoms with Gasteiger partial charge in [0.2, 0.25) is 0 Å². The molecule has 122 valence electrons. The van der Waals surface area contributed by atoms with Gasteiger partial charge in [-0.3, -0.25) is 0 Å². The van der Waals surface area contributed by atoms with E-state index in [9.17, 15) is 15.1 Å². The van der Waals surface area contributed by atoms with Gasteiger partial charge in [0.15, 0.2) is 11.4 Å². The third-order valence-corrected chi connectivity index (χ3v) is 3.99. The van der Waals surface area contributed by atoms with Crippen LogP contribution in [0.3, 0.4) is 0 Å². The Morgan fingerprint density at radius 1 is 1.21 bits per heavy atom. The van der Waals surface area contributed by atoms with Gasteiger partial charge < -0.3 is 15.4 Å². The van der Waals surface area contributed by atoms with E-state index in [1.807, 2.05) is 0 Å². The summed E-state index contributed by atoms with van der Waals surface area (Å²) in [6.07, 6.45) is 1.33. The molecule has 0 bridgehead atoms. The average molecular weight is 345 g/mol. The van der Waals surface area contributed by atoms with Crippen molar-refractivity contribution in [3.8, 4) is 22.7 Å². The van der Waals surface area contributed by atoms with Crippen molar-refractivity contribution in [2.24, 2.45) is 0 Å². The fourth-order valence-corrected chi connectivity index (χ4v) is 2.66. The highest BCUT2D eigenvalue weighted by molar-refractivity contribution is 6.30. The lowest BCUT2D eigenvalue weighted by Gasteiger charge is -2.05. The van der Waals surface area contributed by atoms with E-state index in [-0.39, 0.29) is 11.3 Å². The van der Waals surface area contributed by atoms with Gasteiger partial charge >= 0.3 is 5.97 Å². The molecule has 0 saturated carbocycles. The third-order valence-electron chi connectivity index (χ3n) is 3.74. The van der Waals surface area contributed by atoms with E-state index >= 15 is 0 Å². The number of phenols is 1. The number of imidazole rings is 1. The van der Waals surface area contributed by atoms with Crippen LogP contribution in [-0.2, 0) is 0 Å². The highest BCUT2D eigenvalue weighted by atomic mass is 35.5. The minimum atomic E-state index is -1.22. The van der Waals surface area contributed by atoms with Crippen LogP contribution in [0.4, 0.5) is 0 Å². The number of benzene rings is 2. The molecule has 2 aromatic carbocycles. The second-order valence-corrected chi connectivity index (χ2v) is 5.70. The predicted molar refractivity (Wildman–Crippen MR) is 88.5 cm³/mol. The molecule has 0 spiro atoms. The molecular weight excluding hydrogens is 332 g/mol. The Morgan fingerprint density at radius 2 is 1.88 bits per heavy atom. The van der Waals surface area contributed by atoms with E-state index in [1.54, 1.807) is 35.8 Å². The lowest BCUT2D eigenvalue weighted by atomic mass is 10.1. The molecule has 0 aliphatic heterocycles. The van der Waals surface area contributed by atoms with Crippen LogP contribution in [0.5, 0.6) is 5.75 Å². The summed E-state index contributed by atoms with van der Waals surface area (Å²) in [5.41, 5.74) is 2.14. The van der Waals surface area contributed by atoms with E-state index in [4.69, 9.17) is 16.7 Å². The Bertz CT molecular complexity index is 933. The van der Waals surface area contributed by atoms with Gasteiger partial charge in [-0.25, -0.2) is 9.52 Å². The maximum Gasteiger partial charge on any atom is 0.339 e. The monoisotopic (exact) mass is 344 g/mol. The zero-order valence-corrected chi connectivity index (χ0v) is 13.4. The van der Waals surface area contributed by atoms with Crippen molar-refractivity contribution in [2.45, 2.75) is 6.92 Å². The number of carbonyl (C=O) groups is 1. The third kappa shape index (κ3) is 2.68. The molecular formula is C17H13ClN2O4. The summed E-state index contributed by atoms with van der Waals surface area (Å²) in [5, 5.41) is 31.5. The van der Waals surface area contributed by atoms with Crippen LogP contribution >= 0.6 is 11.6 Å². The van der Waals surface area contributed by atoms with Crippen molar-refractivity contribution in [1.82, 2.24) is 4.57 Å². The number of carboxylic acids is 1. The maximum atomic E-state index is 12.0. The largest absolute Gasteiger partial charge is 0.711 e. The first kappa shape index (κ1) is 15.9. The van der Waals surface area contributed by atoms with Crippen LogP contribution < -0.4 is 4.73 Å². The first-order valence-corrected chi connectivity index (χ1v) is 7.40. The quantitative estimate of drug-likeness (QED) is 0.564. The van der Waals surface area contributed by atoms with Crippen molar-refractivity contribution >= 4 is 17.6 Å². The Hall–Kier alpha value is -2.99. The second kappa shape index (κ2) is 5.90. The zero-order valence-electron chi connectivity index (χ0n) is 12.6. The highest BCUT2D eigenvalue weighted by Gasteiger charge is 2.22. The molecule has 0 aliphatic carbocycles. The van der Waals surface area contributed by atoms with E-state index in [0.717, 1.165) is 5.56 Å². The van der Waals surface area contributed by atoms with Crippen LogP contribution in [0.1, 0.15) is 16.1 Å². The number of carboxylic acid groups (broad SMARTS) is 1. The molecule has 0 unspecified atom stereocenters. The average Bonchev–Trinajstić information content (AvgIpc) is 2.83. The van der Waals surface area contributed by atoms with Crippen molar-refractivity contribution in [1.29, 1.82) is 0 Å². The second-order valence-electron chi connectivity index (χ2n) is 5.26. The van der Waals surface area contributed by atoms with Gasteiger partial charge in [-0.1, -0.05) is 11.6 Å². The van der Waals surface area contributed by atoms with Crippen LogP contribution in [0.25, 0.3) is 16.9 Å². The van der Waals surface area contributed by atoms with Gasteiger partial charge in [-0.15, -0.1) is 0 Å². The highest BCUT2D eigenvalue weighted by Crippen LogP contribution is 2.29. The van der Waals surface area contributed by atoms with E-state index < -0.39 is 5.97 Å². The fourth-order valence-electron chi connectivity index (χ4n) is 2.53. The van der Waals surface area contributed by atoms with Crippen LogP contribution in [0.15, 0.2) is 48.8 Å². The Labute approximate surface area is 142 Å². The summed E-state index contributed by atoms with van der Waals surface area (Å²) in [6, 6.07) is 11.1. The van der Waals surface area contributed by atoms with Gasteiger partial charge in [-0.2, -0.15) is 4.57 Å². The molecule has 3 rings (SSSR count). The SMILES string of the molecule is Cc1c(-c2ccc(Cl)cc2)n(-c2ccc(C(=O)O)c(O)c2)c[n+]1[O-]. The summed E-state index contributed by atoms with van der Waals surface area (Å²) in [5.74, 6) is -1.59. The van der Waals surface area contributed by atoms with Crippen LogP contribution in [-0.4, -0.2) is 20.7 Å². The van der Waals surface area contributed by atoms with Crippen molar-refractivity contribution in [2.75, 3.05) is 0 Å². The molecule has 7 heteroatoms. The minimum absolute atomic E-state index is 0.203. The van der Waals surface area contributed by atoms with Crippen molar-refractivity contribution in [3.05, 3.63) is 70.3 Å². The number of aromatic nitrogens is 2. The first-order valence-electron chi connectivity index (χ1n) is 7.02. The molecule has 0 aliphatic rings. The smallest absolute Gasteiger partial charge is 0.339 e. The van der Waals surface area contributed by atoms with Gasteiger partial charge in [-0.05, 0) is 36.4 Å². The molecule has 1 heterocycles. The lowest BCUT2D eigenvalue weighted by Crippen LogP contribution is -2.26. The van der Waals surface area contributed by atoms with Gasteiger partial charge in [0.05, 0.1) is 0 Å². The molecule has 6 nitrogen and oxygen atoms in total. The number of hydrogen-bond donors (Lipinski definition) is 2. The van der Waals surface area contributed by atoms with Gasteiger partial charge in [0, 0.05) is 23.6 Å². The standard InChI is InChI=1S/C17H13ClN2O4/c1-10-16(11-2-4-12(18)5-3-11)19(9-20(10)24)13-6-7-14(17(22)23)15(21)8-13/h2-9,21H,1H3,(H,22,23). The number of nitrogens with zero attached hydrogens (tertiary/aromatic N) is 2. The minimum Gasteiger partial charge on any atom is -0.711 e. The Kier molecular flexibility index (Phi) is 3.91. The maximum absolute atomic E-state index is 12.0. The summed E-state index contributed by atoms with van der Waals surface area (Å²) in [7, 11) is 0. The summed E-state index contributed by atoms with van der Waals surface area (Å²) in [6.45, 7) is 1.68. The van der Waals surface area contributed by atoms with E-state index in [2.05, 4.69) is 0 Å². The molecule has 3 aromatic rings. The van der Waals surface area contributed by atoms with E-state index in [0.29, 0.717) is 26.8 Å². The van der Waals surface area contributed by atoms with Crippen molar-refractivity contribution < 1.29 is 19.7 Å². The lowest BCUT2D eigenvalue weighted by molar-refractivity contribution is -0.610. The van der Waals surface area contributed by atoms with Gasteiger partial charge in [0.25, 0.3) is 6.33 Å². The molecule has 1 aromatic heterocycles. The predicted octanol–water partition coefficient (Wildman–Crippen LogP) is 3.14. The molecule has 0 amide bonds. The molecule has 0 saturated heterocycles. The number of rotatable bonds is 3. The van der Waals surface area contributed by atoms with Gasteiger partial charge in [0.1, 0.15) is 17.0 Å². The summed E-state index contributed by atoms with van der Waals surface area (Å²) in [4.78, 5) is 11.0. The number of aromatic hydroxyl groups is 1. The first-order chi connectivity index (χ1) is 11.4. The number of halogens is 1. The fraction of sp³-hybridized carbons (Fsp3) is 0.0588. The van der Waals surface area contributed by atoms with Crippen LogP contribution in [0.2, 0.25) is 5.02 Å². The zero-order chi connectivity index (χ0) is 17.4. The molecule has 0 radical (unpaired) electrons. The number of aromatic carboxylic acids is 1. The molecule has 0 atom stereocenters. The summed E-state index contributed by atoms with van der Waals surface area (Å²) >= 11 is 5.91. The topological polar surface area (TPSA) is 89.4 Å². The normalized spacial score (nSPS) is 10.8. The number of hydrogen-bond acceptors (Lipinski definition) is 3. The van der Waals surface area contributed by atoms with E-state index in [1.165, 1.54) is 24.5 Å². The molecule has 24 heavy (non-hydrogen) atoms. The van der Waals surface area contributed by atoms with Crippen LogP contribution in [0, 0.1) is 12.1 Å². The molecule has 2 N–H and O–H groups in total.